The van der Waals surface area contributed by atoms with Gasteiger partial charge in [-0.2, -0.15) is 0 Å². The molecule has 3 rings (SSSR count). The Morgan fingerprint density at radius 1 is 1.29 bits per heavy atom. The summed E-state index contributed by atoms with van der Waals surface area (Å²) in [6.45, 7) is 2.45. The van der Waals surface area contributed by atoms with Gasteiger partial charge < -0.3 is 9.84 Å². The zero-order chi connectivity index (χ0) is 17.1. The summed E-state index contributed by atoms with van der Waals surface area (Å²) in [5, 5.41) is 9.87. The fourth-order valence-electron chi connectivity index (χ4n) is 2.11. The molecule has 0 saturated carbocycles. The predicted molar refractivity (Wildman–Crippen MR) is 96.2 cm³/mol. The molecule has 0 atom stereocenters. The van der Waals surface area contributed by atoms with Crippen molar-refractivity contribution in [2.75, 3.05) is 6.61 Å². The number of carbonyl (C=O) groups is 1. The first-order valence-corrected chi connectivity index (χ1v) is 9.14. The molecule has 0 bridgehead atoms. The molecular weight excluding hydrogens is 368 g/mol. The normalized spacial score (nSPS) is 10.8. The lowest BCUT2D eigenvalue weighted by Gasteiger charge is -2.01. The van der Waals surface area contributed by atoms with E-state index < -0.39 is 5.97 Å². The summed E-state index contributed by atoms with van der Waals surface area (Å²) in [5.41, 5.74) is 1.49. The Morgan fingerprint density at radius 2 is 2.12 bits per heavy atom. The van der Waals surface area contributed by atoms with Gasteiger partial charge in [0.1, 0.15) is 5.01 Å². The Hall–Kier alpha value is -1.96. The van der Waals surface area contributed by atoms with Crippen LogP contribution < -0.4 is 4.74 Å². The summed E-state index contributed by atoms with van der Waals surface area (Å²) in [6, 6.07) is 7.28. The smallest absolute Gasteiger partial charge is 0.308 e. The number of carboxylic acid groups (broad SMARTS) is 1. The molecule has 8 heteroatoms. The van der Waals surface area contributed by atoms with Crippen LogP contribution in [0.4, 0.5) is 0 Å². The van der Waals surface area contributed by atoms with Crippen LogP contribution in [0.15, 0.2) is 30.5 Å². The van der Waals surface area contributed by atoms with Gasteiger partial charge in [0.25, 0.3) is 0 Å². The van der Waals surface area contributed by atoms with Crippen molar-refractivity contribution in [3.05, 3.63) is 39.7 Å². The first-order valence-electron chi connectivity index (χ1n) is 7.13. The van der Waals surface area contributed by atoms with Crippen molar-refractivity contribution in [3.8, 4) is 27.0 Å². The third kappa shape index (κ3) is 3.75. The molecular formula is C16H13ClN2O3S2. The topological polar surface area (TPSA) is 72.3 Å². The zero-order valence-corrected chi connectivity index (χ0v) is 15.0. The van der Waals surface area contributed by atoms with Gasteiger partial charge >= 0.3 is 5.97 Å². The highest BCUT2D eigenvalue weighted by Gasteiger charge is 2.18. The first-order chi connectivity index (χ1) is 11.6. The third-order valence-electron chi connectivity index (χ3n) is 3.09. The number of halogens is 1. The molecule has 0 fully saturated rings. The van der Waals surface area contributed by atoms with Crippen LogP contribution in [0.2, 0.25) is 4.34 Å². The van der Waals surface area contributed by atoms with E-state index in [1.807, 2.05) is 19.1 Å². The van der Waals surface area contributed by atoms with Gasteiger partial charge in [0.05, 0.1) is 27.9 Å². The average Bonchev–Trinajstić information content (AvgIpc) is 3.14. The summed E-state index contributed by atoms with van der Waals surface area (Å²) in [4.78, 5) is 21.6. The first kappa shape index (κ1) is 16.9. The summed E-state index contributed by atoms with van der Waals surface area (Å²) >= 11 is 8.73. The lowest BCUT2D eigenvalue weighted by molar-refractivity contribution is -0.136. The van der Waals surface area contributed by atoms with Crippen molar-refractivity contribution in [2.24, 2.45) is 0 Å². The molecule has 0 aliphatic carbocycles. The van der Waals surface area contributed by atoms with Gasteiger partial charge in [-0.15, -0.1) is 22.7 Å². The molecule has 3 aromatic rings. The van der Waals surface area contributed by atoms with Gasteiger partial charge in [0, 0.05) is 22.7 Å². The van der Waals surface area contributed by atoms with Crippen LogP contribution in [0, 0.1) is 0 Å². The maximum Gasteiger partial charge on any atom is 0.308 e. The molecule has 0 saturated heterocycles. The molecule has 1 N–H and O–H groups in total. The number of carboxylic acids is 1. The SMILES string of the molecule is CCOc1ccc(-c2nc(-c3ccc(Cl)s3)c(CC(=O)O)s2)cn1. The molecule has 24 heavy (non-hydrogen) atoms. The molecule has 0 aliphatic heterocycles. The minimum atomic E-state index is -0.890. The van der Waals surface area contributed by atoms with Crippen molar-refractivity contribution < 1.29 is 14.6 Å². The zero-order valence-electron chi connectivity index (χ0n) is 12.7. The Bertz CT molecular complexity index is 859. The number of nitrogens with zero attached hydrogens (tertiary/aromatic N) is 2. The molecule has 0 spiro atoms. The number of hydrogen-bond donors (Lipinski definition) is 1. The van der Waals surface area contributed by atoms with E-state index in [1.165, 1.54) is 22.7 Å². The van der Waals surface area contributed by atoms with Crippen LogP contribution >= 0.6 is 34.3 Å². The maximum absolute atomic E-state index is 11.1. The van der Waals surface area contributed by atoms with Crippen LogP contribution in [-0.2, 0) is 11.2 Å². The number of aliphatic carboxylic acids is 1. The summed E-state index contributed by atoms with van der Waals surface area (Å²) in [6.07, 6.45) is 1.60. The highest BCUT2D eigenvalue weighted by Crippen LogP contribution is 2.38. The van der Waals surface area contributed by atoms with Crippen LogP contribution in [0.5, 0.6) is 5.88 Å². The largest absolute Gasteiger partial charge is 0.481 e. The quantitative estimate of drug-likeness (QED) is 0.675. The monoisotopic (exact) mass is 380 g/mol. The second-order valence-corrected chi connectivity index (χ2v) is 7.58. The number of aromatic nitrogens is 2. The van der Waals surface area contributed by atoms with E-state index in [1.54, 1.807) is 18.3 Å². The summed E-state index contributed by atoms with van der Waals surface area (Å²) < 4.78 is 5.97. The van der Waals surface area contributed by atoms with Gasteiger partial charge in [0.15, 0.2) is 0 Å². The lowest BCUT2D eigenvalue weighted by Crippen LogP contribution is -1.98. The molecule has 3 heterocycles. The van der Waals surface area contributed by atoms with Gasteiger partial charge in [-0.05, 0) is 25.1 Å². The van der Waals surface area contributed by atoms with Crippen molar-refractivity contribution in [2.45, 2.75) is 13.3 Å². The lowest BCUT2D eigenvalue weighted by atomic mass is 10.2. The van der Waals surface area contributed by atoms with Gasteiger partial charge in [-0.1, -0.05) is 11.6 Å². The second-order valence-electron chi connectivity index (χ2n) is 4.78. The Balaban J connectivity index is 1.99. The Labute approximate surface area is 151 Å². The molecule has 0 aromatic carbocycles. The Morgan fingerprint density at radius 3 is 2.71 bits per heavy atom. The maximum atomic E-state index is 11.1. The number of thiophene rings is 1. The number of ether oxygens (including phenoxy) is 1. The van der Waals surface area contributed by atoms with E-state index in [4.69, 9.17) is 21.4 Å². The molecule has 0 aliphatic rings. The van der Waals surface area contributed by atoms with Gasteiger partial charge in [0.2, 0.25) is 5.88 Å². The van der Waals surface area contributed by atoms with E-state index in [0.29, 0.717) is 27.4 Å². The van der Waals surface area contributed by atoms with E-state index in [0.717, 1.165) is 15.4 Å². The highest BCUT2D eigenvalue weighted by atomic mass is 35.5. The molecule has 124 valence electrons. The van der Waals surface area contributed by atoms with Crippen LogP contribution in [0.3, 0.4) is 0 Å². The number of rotatable bonds is 6. The number of thiazole rings is 1. The van der Waals surface area contributed by atoms with Crippen LogP contribution in [0.1, 0.15) is 11.8 Å². The third-order valence-corrected chi connectivity index (χ3v) is 5.43. The van der Waals surface area contributed by atoms with Crippen LogP contribution in [-0.4, -0.2) is 27.7 Å². The van der Waals surface area contributed by atoms with Crippen LogP contribution in [0.25, 0.3) is 21.1 Å². The Kier molecular flexibility index (Phi) is 5.13. The fourth-order valence-corrected chi connectivity index (χ4v) is 4.29. The van der Waals surface area contributed by atoms with Gasteiger partial charge in [-0.3, -0.25) is 4.79 Å². The molecule has 0 amide bonds. The minimum absolute atomic E-state index is 0.0764. The standard InChI is InChI=1S/C16H13ClN2O3S2/c1-2-22-13-6-3-9(8-18-13)16-19-15(10-4-5-12(17)23-10)11(24-16)7-14(20)21/h3-6,8H,2,7H2,1H3,(H,20,21). The van der Waals surface area contributed by atoms with Gasteiger partial charge in [-0.25, -0.2) is 9.97 Å². The average molecular weight is 381 g/mol. The van der Waals surface area contributed by atoms with E-state index in [9.17, 15) is 4.79 Å². The molecule has 0 unspecified atom stereocenters. The predicted octanol–water partition coefficient (Wildman–Crippen LogP) is 4.61. The van der Waals surface area contributed by atoms with Crippen molar-refractivity contribution in [1.82, 2.24) is 9.97 Å². The molecule has 0 radical (unpaired) electrons. The minimum Gasteiger partial charge on any atom is -0.481 e. The second kappa shape index (κ2) is 7.29. The molecule has 3 aromatic heterocycles. The van der Waals surface area contributed by atoms with E-state index >= 15 is 0 Å². The van der Waals surface area contributed by atoms with E-state index in [-0.39, 0.29) is 6.42 Å². The highest BCUT2D eigenvalue weighted by molar-refractivity contribution is 7.20. The summed E-state index contributed by atoms with van der Waals surface area (Å²) in [5.74, 6) is -0.340. The van der Waals surface area contributed by atoms with Crippen molar-refractivity contribution in [3.63, 3.8) is 0 Å². The number of hydrogen-bond acceptors (Lipinski definition) is 6. The number of pyridine rings is 1. The fraction of sp³-hybridized carbons (Fsp3) is 0.188. The summed E-state index contributed by atoms with van der Waals surface area (Å²) in [7, 11) is 0. The van der Waals surface area contributed by atoms with Crippen molar-refractivity contribution >= 4 is 40.2 Å². The molecule has 5 nitrogen and oxygen atoms in total. The van der Waals surface area contributed by atoms with Crippen molar-refractivity contribution in [1.29, 1.82) is 0 Å². The van der Waals surface area contributed by atoms with E-state index in [2.05, 4.69) is 9.97 Å².